The van der Waals surface area contributed by atoms with E-state index < -0.39 is 16.8 Å². The summed E-state index contributed by atoms with van der Waals surface area (Å²) in [4.78, 5) is 43.0. The van der Waals surface area contributed by atoms with Crippen LogP contribution in [0.15, 0.2) is 45.5 Å². The summed E-state index contributed by atoms with van der Waals surface area (Å²) < 4.78 is 5.18. The van der Waals surface area contributed by atoms with E-state index in [1.54, 1.807) is 20.1 Å². The van der Waals surface area contributed by atoms with Gasteiger partial charge in [-0.25, -0.2) is 9.78 Å². The monoisotopic (exact) mass is 402 g/mol. The molecule has 2 heterocycles. The molecule has 0 amide bonds. The third-order valence-corrected chi connectivity index (χ3v) is 4.93. The summed E-state index contributed by atoms with van der Waals surface area (Å²) in [5.74, 6) is -0.972. The number of allylic oxidation sites excluding steroid dienone is 1. The molecule has 10 heteroatoms. The van der Waals surface area contributed by atoms with E-state index in [9.17, 15) is 19.7 Å². The maximum Gasteiger partial charge on any atom is 0.336 e. The Morgan fingerprint density at radius 1 is 1.36 bits per heavy atom. The fourth-order valence-electron chi connectivity index (χ4n) is 3.13. The molecular weight excluding hydrogens is 384 g/mol. The van der Waals surface area contributed by atoms with Gasteiger partial charge in [0, 0.05) is 17.8 Å². The normalized spacial score (nSPS) is 15.6. The van der Waals surface area contributed by atoms with Crippen LogP contribution in [-0.2, 0) is 9.53 Å². The number of H-pyrrole nitrogens is 1. The molecule has 146 valence electrons. The van der Waals surface area contributed by atoms with Crippen LogP contribution in [0.1, 0.15) is 30.9 Å². The standard InChI is InChI=1S/C18H18N4O5S/c1-4-27-17(24)12-9(2)19-15-14(16(23)21-18(20-15)28-3)13(12)10-5-7-11(8-6-10)22(25)26/h5-8,13H,4H2,1-3H3,(H2,19,20,21,23)/t13-/m1/s1. The average molecular weight is 402 g/mol. The Morgan fingerprint density at radius 2 is 2.04 bits per heavy atom. The Kier molecular flexibility index (Phi) is 5.50. The van der Waals surface area contributed by atoms with Crippen LogP contribution >= 0.6 is 11.8 Å². The van der Waals surface area contributed by atoms with Crippen molar-refractivity contribution in [2.45, 2.75) is 24.9 Å². The zero-order valence-electron chi connectivity index (χ0n) is 15.4. The van der Waals surface area contributed by atoms with Crippen molar-refractivity contribution in [1.29, 1.82) is 0 Å². The van der Waals surface area contributed by atoms with Gasteiger partial charge in [0.05, 0.1) is 28.6 Å². The fraction of sp³-hybridized carbons (Fsp3) is 0.278. The number of carbonyl (C=O) groups excluding carboxylic acids is 1. The molecule has 2 aromatic rings. The van der Waals surface area contributed by atoms with E-state index in [0.717, 1.165) is 0 Å². The van der Waals surface area contributed by atoms with E-state index in [2.05, 4.69) is 15.3 Å². The maximum absolute atomic E-state index is 12.8. The number of benzene rings is 1. The summed E-state index contributed by atoms with van der Waals surface area (Å²) in [5, 5.41) is 14.4. The Hall–Kier alpha value is -3.14. The second-order valence-electron chi connectivity index (χ2n) is 6.00. The molecule has 9 nitrogen and oxygen atoms in total. The molecule has 0 saturated carbocycles. The molecule has 0 unspecified atom stereocenters. The first-order chi connectivity index (χ1) is 13.4. The number of esters is 1. The molecular formula is C18H18N4O5S. The van der Waals surface area contributed by atoms with Gasteiger partial charge in [-0.3, -0.25) is 14.9 Å². The zero-order chi connectivity index (χ0) is 20.4. The number of aromatic nitrogens is 2. The summed E-state index contributed by atoms with van der Waals surface area (Å²) in [6.07, 6.45) is 1.79. The highest BCUT2D eigenvalue weighted by Crippen LogP contribution is 2.40. The van der Waals surface area contributed by atoms with Crippen LogP contribution in [0.4, 0.5) is 11.5 Å². The number of thioether (sulfide) groups is 1. The van der Waals surface area contributed by atoms with Gasteiger partial charge in [-0.2, -0.15) is 0 Å². The Morgan fingerprint density at radius 3 is 2.61 bits per heavy atom. The van der Waals surface area contributed by atoms with Crippen molar-refractivity contribution in [3.63, 3.8) is 0 Å². The van der Waals surface area contributed by atoms with E-state index in [-0.39, 0.29) is 29.0 Å². The summed E-state index contributed by atoms with van der Waals surface area (Å²) in [6.45, 7) is 3.57. The molecule has 28 heavy (non-hydrogen) atoms. The number of aromatic amines is 1. The zero-order valence-corrected chi connectivity index (χ0v) is 16.3. The highest BCUT2D eigenvalue weighted by molar-refractivity contribution is 7.98. The van der Waals surface area contributed by atoms with Crippen LogP contribution in [0.5, 0.6) is 0 Å². The van der Waals surface area contributed by atoms with Gasteiger partial charge in [-0.15, -0.1) is 0 Å². The lowest BCUT2D eigenvalue weighted by Gasteiger charge is -2.28. The number of ether oxygens (including phenoxy) is 1. The summed E-state index contributed by atoms with van der Waals surface area (Å²) in [7, 11) is 0. The highest BCUT2D eigenvalue weighted by atomic mass is 32.2. The van der Waals surface area contributed by atoms with Crippen LogP contribution in [-0.4, -0.2) is 33.7 Å². The van der Waals surface area contributed by atoms with Gasteiger partial charge in [0.25, 0.3) is 11.2 Å². The molecule has 0 aliphatic carbocycles. The Bertz CT molecular complexity index is 1030. The minimum absolute atomic E-state index is 0.0824. The third-order valence-electron chi connectivity index (χ3n) is 4.35. The molecule has 0 fully saturated rings. The molecule has 1 aromatic heterocycles. The molecule has 2 N–H and O–H groups in total. The van der Waals surface area contributed by atoms with Crippen LogP contribution in [0.25, 0.3) is 0 Å². The Balaban J connectivity index is 2.23. The van der Waals surface area contributed by atoms with Crippen LogP contribution in [0.2, 0.25) is 0 Å². The van der Waals surface area contributed by atoms with E-state index in [1.807, 2.05) is 0 Å². The van der Waals surface area contributed by atoms with E-state index >= 15 is 0 Å². The quantitative estimate of drug-likeness (QED) is 0.257. The number of nitrogens with one attached hydrogen (secondary N) is 2. The van der Waals surface area contributed by atoms with E-state index in [0.29, 0.717) is 22.2 Å². The van der Waals surface area contributed by atoms with Gasteiger partial charge in [0.2, 0.25) is 0 Å². The van der Waals surface area contributed by atoms with Gasteiger partial charge in [0.1, 0.15) is 5.82 Å². The molecule has 0 radical (unpaired) electrons. The van der Waals surface area contributed by atoms with Crippen molar-refractivity contribution >= 4 is 29.2 Å². The van der Waals surface area contributed by atoms with Gasteiger partial charge < -0.3 is 15.0 Å². The lowest BCUT2D eigenvalue weighted by atomic mass is 9.82. The molecule has 3 rings (SSSR count). The topological polar surface area (TPSA) is 127 Å². The minimum atomic E-state index is -0.761. The number of fused-ring (bicyclic) bond motifs is 1. The number of nitro groups is 1. The average Bonchev–Trinajstić information content (AvgIpc) is 2.66. The van der Waals surface area contributed by atoms with E-state index in [1.165, 1.54) is 36.0 Å². The molecule has 0 bridgehead atoms. The number of nitro benzene ring substituents is 1. The van der Waals surface area contributed by atoms with E-state index in [4.69, 9.17) is 4.74 Å². The second kappa shape index (κ2) is 7.85. The highest BCUT2D eigenvalue weighted by Gasteiger charge is 2.36. The third kappa shape index (κ3) is 3.50. The largest absolute Gasteiger partial charge is 0.463 e. The van der Waals surface area contributed by atoms with Gasteiger partial charge in [0.15, 0.2) is 5.16 Å². The van der Waals surface area contributed by atoms with Crippen molar-refractivity contribution in [1.82, 2.24) is 9.97 Å². The van der Waals surface area contributed by atoms with Gasteiger partial charge in [-0.05, 0) is 25.7 Å². The van der Waals surface area contributed by atoms with Crippen molar-refractivity contribution in [3.05, 3.63) is 67.1 Å². The van der Waals surface area contributed by atoms with Crippen molar-refractivity contribution in [3.8, 4) is 0 Å². The molecule has 1 aromatic carbocycles. The smallest absolute Gasteiger partial charge is 0.336 e. The first kappa shape index (κ1) is 19.6. The summed E-state index contributed by atoms with van der Waals surface area (Å²) in [6, 6.07) is 5.75. The number of rotatable bonds is 5. The fourth-order valence-corrected chi connectivity index (χ4v) is 3.51. The van der Waals surface area contributed by atoms with Crippen LogP contribution in [0, 0.1) is 10.1 Å². The van der Waals surface area contributed by atoms with Crippen molar-refractivity contribution < 1.29 is 14.5 Å². The number of carbonyl (C=O) groups is 1. The lowest BCUT2D eigenvalue weighted by molar-refractivity contribution is -0.384. The van der Waals surface area contributed by atoms with Crippen LogP contribution in [0.3, 0.4) is 0 Å². The maximum atomic E-state index is 12.8. The minimum Gasteiger partial charge on any atom is -0.463 e. The van der Waals surface area contributed by atoms with Gasteiger partial charge >= 0.3 is 5.97 Å². The number of nitrogens with zero attached hydrogens (tertiary/aromatic N) is 2. The second-order valence-corrected chi connectivity index (χ2v) is 6.80. The number of non-ortho nitro benzene ring substituents is 1. The van der Waals surface area contributed by atoms with Crippen molar-refractivity contribution in [2.75, 3.05) is 18.2 Å². The Labute approximate surface area is 164 Å². The predicted octanol–water partition coefficient (Wildman–Crippen LogP) is 2.79. The molecule has 1 atom stereocenters. The SMILES string of the molecule is CCOC(=O)C1=C(C)Nc2nc(SC)[nH]c(=O)c2[C@@H]1c1ccc([N+](=O)[O-])cc1. The molecule has 1 aliphatic heterocycles. The predicted molar refractivity (Wildman–Crippen MR) is 105 cm³/mol. The molecule has 1 aliphatic rings. The first-order valence-corrected chi connectivity index (χ1v) is 9.67. The number of anilines is 1. The van der Waals surface area contributed by atoms with Gasteiger partial charge in [-0.1, -0.05) is 23.9 Å². The van der Waals surface area contributed by atoms with Crippen molar-refractivity contribution in [2.24, 2.45) is 0 Å². The molecule has 0 spiro atoms. The lowest BCUT2D eigenvalue weighted by Crippen LogP contribution is -2.31. The number of hydrogen-bond donors (Lipinski definition) is 2. The summed E-state index contributed by atoms with van der Waals surface area (Å²) >= 11 is 1.29. The number of hydrogen-bond acceptors (Lipinski definition) is 8. The molecule has 0 saturated heterocycles. The first-order valence-electron chi connectivity index (χ1n) is 8.44. The van der Waals surface area contributed by atoms with Crippen LogP contribution < -0.4 is 10.9 Å². The summed E-state index contributed by atoms with van der Waals surface area (Å²) in [5.41, 5.74) is 1.13.